The van der Waals surface area contributed by atoms with Gasteiger partial charge in [0.1, 0.15) is 23.3 Å². The minimum atomic E-state index is -0.820. The Morgan fingerprint density at radius 3 is 2.53 bits per heavy atom. The molecule has 1 aliphatic rings. The summed E-state index contributed by atoms with van der Waals surface area (Å²) in [4.78, 5) is 27.4. The number of methoxy groups -OCH3 is 1. The van der Waals surface area contributed by atoms with Crippen LogP contribution in [0.2, 0.25) is 5.02 Å². The molecule has 1 aliphatic heterocycles. The van der Waals surface area contributed by atoms with Gasteiger partial charge >= 0.3 is 0 Å². The van der Waals surface area contributed by atoms with Crippen molar-refractivity contribution in [3.05, 3.63) is 93.9 Å². The predicted octanol–water partition coefficient (Wildman–Crippen LogP) is 4.91. The minimum Gasteiger partial charge on any atom is -0.507 e. The predicted molar refractivity (Wildman–Crippen MR) is 121 cm³/mol. The topological polar surface area (TPSA) is 80.0 Å². The lowest BCUT2D eigenvalue weighted by atomic mass is 9.98. The van der Waals surface area contributed by atoms with Crippen LogP contribution in [0.1, 0.15) is 28.5 Å². The summed E-state index contributed by atoms with van der Waals surface area (Å²) in [5, 5.41) is 11.7. The van der Waals surface area contributed by atoms with Crippen molar-refractivity contribution in [3.8, 4) is 5.75 Å². The van der Waals surface area contributed by atoms with E-state index in [9.17, 15) is 14.7 Å². The Labute approximate surface area is 190 Å². The molecule has 0 spiro atoms. The number of rotatable bonds is 6. The summed E-state index contributed by atoms with van der Waals surface area (Å²) in [7, 11) is 1.56. The summed E-state index contributed by atoms with van der Waals surface area (Å²) in [6.07, 6.45) is 2.00. The van der Waals surface area contributed by atoms with Crippen molar-refractivity contribution in [2.75, 3.05) is 13.7 Å². The lowest BCUT2D eigenvalue weighted by Gasteiger charge is -2.23. The van der Waals surface area contributed by atoms with Gasteiger partial charge < -0.3 is 19.2 Å². The van der Waals surface area contributed by atoms with Gasteiger partial charge in [-0.1, -0.05) is 23.7 Å². The van der Waals surface area contributed by atoms with Crippen LogP contribution in [0.15, 0.2) is 70.9 Å². The second kappa shape index (κ2) is 8.93. The van der Waals surface area contributed by atoms with E-state index in [1.807, 2.05) is 19.1 Å². The van der Waals surface area contributed by atoms with Gasteiger partial charge in [0, 0.05) is 17.1 Å². The molecular weight excluding hydrogens is 430 g/mol. The molecule has 0 saturated carbocycles. The molecule has 32 heavy (non-hydrogen) atoms. The maximum atomic E-state index is 13.0. The zero-order valence-electron chi connectivity index (χ0n) is 17.7. The summed E-state index contributed by atoms with van der Waals surface area (Å²) >= 11 is 5.95. The largest absolute Gasteiger partial charge is 0.507 e. The van der Waals surface area contributed by atoms with E-state index in [0.29, 0.717) is 28.5 Å². The molecule has 1 unspecified atom stereocenters. The van der Waals surface area contributed by atoms with Gasteiger partial charge in [-0.3, -0.25) is 9.59 Å². The van der Waals surface area contributed by atoms with Gasteiger partial charge in [0.05, 0.1) is 18.9 Å². The molecule has 0 aliphatic carbocycles. The maximum absolute atomic E-state index is 13.0. The number of ketones is 1. The molecule has 1 aromatic heterocycles. The van der Waals surface area contributed by atoms with Crippen LogP contribution in [0.4, 0.5) is 0 Å². The first-order valence-electron chi connectivity index (χ1n) is 10.1. The maximum Gasteiger partial charge on any atom is 0.295 e. The quantitative estimate of drug-likeness (QED) is 0.327. The fraction of sp³-hybridized carbons (Fsp3) is 0.200. The van der Waals surface area contributed by atoms with Crippen LogP contribution < -0.4 is 4.74 Å². The first-order valence-corrected chi connectivity index (χ1v) is 10.5. The number of aliphatic hydroxyl groups excluding tert-OH is 1. The van der Waals surface area contributed by atoms with Gasteiger partial charge in [-0.05, 0) is 66.9 Å². The number of aryl methyl sites for hydroxylation is 1. The van der Waals surface area contributed by atoms with Crippen molar-refractivity contribution >= 4 is 29.1 Å². The third kappa shape index (κ3) is 4.01. The molecule has 2 aromatic carbocycles. The standard InChI is InChI=1S/C25H22ClNO5/c1-15-14-17(7-10-19(15)31-2)23(28)21-22(20-4-3-13-32-20)27(25(30)24(21)29)12-11-16-5-8-18(26)9-6-16/h3-10,13-14,22,28H,11-12H2,1-2H3/b23-21-. The molecule has 6 nitrogen and oxygen atoms in total. The smallest absolute Gasteiger partial charge is 0.295 e. The number of hydrogen-bond acceptors (Lipinski definition) is 5. The van der Waals surface area contributed by atoms with E-state index in [1.54, 1.807) is 49.6 Å². The van der Waals surface area contributed by atoms with Crippen LogP contribution in [0.25, 0.3) is 5.76 Å². The van der Waals surface area contributed by atoms with Gasteiger partial charge in [-0.15, -0.1) is 0 Å². The second-order valence-corrected chi connectivity index (χ2v) is 8.01. The van der Waals surface area contributed by atoms with E-state index >= 15 is 0 Å². The number of benzene rings is 2. The fourth-order valence-corrected chi connectivity index (χ4v) is 4.06. The van der Waals surface area contributed by atoms with E-state index in [0.717, 1.165) is 11.1 Å². The van der Waals surface area contributed by atoms with Crippen LogP contribution in [-0.4, -0.2) is 35.4 Å². The zero-order valence-corrected chi connectivity index (χ0v) is 18.4. The van der Waals surface area contributed by atoms with Crippen molar-refractivity contribution < 1.29 is 23.8 Å². The Morgan fingerprint density at radius 2 is 1.91 bits per heavy atom. The van der Waals surface area contributed by atoms with Crippen molar-refractivity contribution in [3.63, 3.8) is 0 Å². The monoisotopic (exact) mass is 451 g/mol. The lowest BCUT2D eigenvalue weighted by molar-refractivity contribution is -0.140. The number of carbonyl (C=O) groups excluding carboxylic acids is 2. The third-order valence-electron chi connectivity index (χ3n) is 5.58. The Balaban J connectivity index is 1.73. The third-order valence-corrected chi connectivity index (χ3v) is 5.83. The highest BCUT2D eigenvalue weighted by atomic mass is 35.5. The van der Waals surface area contributed by atoms with Crippen LogP contribution in [0, 0.1) is 6.92 Å². The fourth-order valence-electron chi connectivity index (χ4n) is 3.94. The summed E-state index contributed by atoms with van der Waals surface area (Å²) in [5.74, 6) is -0.593. The molecule has 1 atom stereocenters. The highest BCUT2D eigenvalue weighted by Crippen LogP contribution is 2.40. The van der Waals surface area contributed by atoms with Gasteiger partial charge in [0.25, 0.3) is 11.7 Å². The molecule has 3 aromatic rings. The number of Topliss-reactive ketones (excluding diaryl/α,β-unsaturated/α-hetero) is 1. The molecule has 7 heteroatoms. The molecular formula is C25H22ClNO5. The molecule has 2 heterocycles. The Hall–Kier alpha value is -3.51. The van der Waals surface area contributed by atoms with Crippen molar-refractivity contribution in [1.29, 1.82) is 0 Å². The molecule has 1 amide bonds. The Kier molecular flexibility index (Phi) is 6.06. The number of furan rings is 1. The summed E-state index contributed by atoms with van der Waals surface area (Å²) in [5.41, 5.74) is 2.20. The van der Waals surface area contributed by atoms with Gasteiger partial charge in [-0.25, -0.2) is 0 Å². The average molecular weight is 452 g/mol. The number of ether oxygens (including phenoxy) is 1. The first-order chi connectivity index (χ1) is 15.4. The highest BCUT2D eigenvalue weighted by molar-refractivity contribution is 6.46. The summed E-state index contributed by atoms with van der Waals surface area (Å²) in [6, 6.07) is 15.0. The van der Waals surface area contributed by atoms with Crippen LogP contribution in [-0.2, 0) is 16.0 Å². The lowest BCUT2D eigenvalue weighted by Crippen LogP contribution is -2.31. The average Bonchev–Trinajstić information content (AvgIpc) is 3.40. The SMILES string of the molecule is COc1ccc(/C(O)=C2/C(=O)C(=O)N(CCc3ccc(Cl)cc3)C2c2ccco2)cc1C. The number of halogens is 1. The minimum absolute atomic E-state index is 0.00521. The zero-order chi connectivity index (χ0) is 22.8. The van der Waals surface area contributed by atoms with Crippen molar-refractivity contribution in [2.45, 2.75) is 19.4 Å². The molecule has 4 rings (SSSR count). The molecule has 1 saturated heterocycles. The van der Waals surface area contributed by atoms with Crippen molar-refractivity contribution in [1.82, 2.24) is 4.90 Å². The van der Waals surface area contributed by atoms with Crippen molar-refractivity contribution in [2.24, 2.45) is 0 Å². The molecule has 1 fully saturated rings. The van der Waals surface area contributed by atoms with Gasteiger partial charge in [-0.2, -0.15) is 0 Å². The number of likely N-dealkylation sites (tertiary alicyclic amines) is 1. The Morgan fingerprint density at radius 1 is 1.16 bits per heavy atom. The van der Waals surface area contributed by atoms with Crippen LogP contribution >= 0.6 is 11.6 Å². The number of hydrogen-bond donors (Lipinski definition) is 1. The number of nitrogens with zero attached hydrogens (tertiary/aromatic N) is 1. The van der Waals surface area contributed by atoms with E-state index in [-0.39, 0.29) is 17.9 Å². The Bertz CT molecular complexity index is 1180. The number of carbonyl (C=O) groups is 2. The van der Waals surface area contributed by atoms with Gasteiger partial charge in [0.2, 0.25) is 0 Å². The molecule has 1 N–H and O–H groups in total. The van der Waals surface area contributed by atoms with Crippen LogP contribution in [0.3, 0.4) is 0 Å². The van der Waals surface area contributed by atoms with E-state index in [4.69, 9.17) is 20.8 Å². The normalized spacial score (nSPS) is 17.7. The second-order valence-electron chi connectivity index (χ2n) is 7.57. The number of aliphatic hydroxyl groups is 1. The van der Waals surface area contributed by atoms with Crippen LogP contribution in [0.5, 0.6) is 5.75 Å². The number of amides is 1. The first kappa shape index (κ1) is 21.7. The van der Waals surface area contributed by atoms with E-state index < -0.39 is 17.7 Å². The van der Waals surface area contributed by atoms with Gasteiger partial charge in [0.15, 0.2) is 0 Å². The summed E-state index contributed by atoms with van der Waals surface area (Å²) < 4.78 is 10.8. The molecule has 0 radical (unpaired) electrons. The van der Waals surface area contributed by atoms with E-state index in [1.165, 1.54) is 11.2 Å². The summed E-state index contributed by atoms with van der Waals surface area (Å²) in [6.45, 7) is 2.11. The van der Waals surface area contributed by atoms with E-state index in [2.05, 4.69) is 0 Å². The highest BCUT2D eigenvalue weighted by Gasteiger charge is 2.47. The molecule has 164 valence electrons. The molecule has 0 bridgehead atoms.